The van der Waals surface area contributed by atoms with Gasteiger partial charge in [0.2, 0.25) is 0 Å². The van der Waals surface area contributed by atoms with Crippen molar-refractivity contribution in [2.75, 3.05) is 17.3 Å². The summed E-state index contributed by atoms with van der Waals surface area (Å²) in [4.78, 5) is 29.6. The molecule has 4 rings (SSSR count). The SMILES string of the molecule is CNc1ccc(-c2ccc3c(c2C)N(C2CC2)C=C(C(=O)O)C3=C=O)cn1. The summed E-state index contributed by atoms with van der Waals surface area (Å²) in [5, 5.41) is 12.5. The molecule has 1 fully saturated rings. The normalized spacial score (nSPS) is 15.7. The molecule has 1 aliphatic heterocycles. The number of carboxylic acids is 1. The smallest absolute Gasteiger partial charge is 0.338 e. The van der Waals surface area contributed by atoms with Crippen LogP contribution in [0.15, 0.2) is 42.2 Å². The molecule has 1 saturated carbocycles. The van der Waals surface area contributed by atoms with Gasteiger partial charge in [0.05, 0.1) is 16.8 Å². The van der Waals surface area contributed by atoms with Gasteiger partial charge in [0.15, 0.2) is 0 Å². The predicted molar refractivity (Wildman–Crippen MR) is 104 cm³/mol. The summed E-state index contributed by atoms with van der Waals surface area (Å²) in [5.74, 6) is 1.52. The second-order valence-electron chi connectivity index (χ2n) is 6.78. The quantitative estimate of drug-likeness (QED) is 0.814. The van der Waals surface area contributed by atoms with E-state index in [1.165, 1.54) is 0 Å². The lowest BCUT2D eigenvalue weighted by Crippen LogP contribution is -2.27. The van der Waals surface area contributed by atoms with Crippen LogP contribution in [0.1, 0.15) is 24.0 Å². The summed E-state index contributed by atoms with van der Waals surface area (Å²) in [6.07, 6.45) is 5.40. The summed E-state index contributed by atoms with van der Waals surface area (Å²) in [5.41, 5.74) is 4.58. The first kappa shape index (κ1) is 17.1. The van der Waals surface area contributed by atoms with E-state index in [4.69, 9.17) is 0 Å². The Morgan fingerprint density at radius 3 is 2.56 bits per heavy atom. The lowest BCUT2D eigenvalue weighted by atomic mass is 9.88. The van der Waals surface area contributed by atoms with E-state index in [0.29, 0.717) is 5.56 Å². The van der Waals surface area contributed by atoms with Gasteiger partial charge in [-0.2, -0.15) is 0 Å². The fraction of sp³-hybridized carbons (Fsp3) is 0.238. The number of carbonyl (C=O) groups is 1. The van der Waals surface area contributed by atoms with Crippen molar-refractivity contribution in [3.63, 3.8) is 0 Å². The Kier molecular flexibility index (Phi) is 4.05. The van der Waals surface area contributed by atoms with E-state index in [0.717, 1.165) is 41.0 Å². The van der Waals surface area contributed by atoms with Crippen molar-refractivity contribution < 1.29 is 14.7 Å². The largest absolute Gasteiger partial charge is 0.478 e. The third-order valence-corrected chi connectivity index (χ3v) is 5.10. The third kappa shape index (κ3) is 2.80. The summed E-state index contributed by atoms with van der Waals surface area (Å²) in [7, 11) is 1.82. The van der Waals surface area contributed by atoms with Crippen LogP contribution in [0.25, 0.3) is 16.7 Å². The monoisotopic (exact) mass is 361 g/mol. The number of carbonyl (C=O) groups excluding carboxylic acids is 1. The fourth-order valence-electron chi connectivity index (χ4n) is 3.57. The summed E-state index contributed by atoms with van der Waals surface area (Å²) >= 11 is 0. The molecule has 2 heterocycles. The molecule has 1 aromatic carbocycles. The van der Waals surface area contributed by atoms with Gasteiger partial charge in [0, 0.05) is 36.6 Å². The van der Waals surface area contributed by atoms with E-state index < -0.39 is 5.97 Å². The van der Waals surface area contributed by atoms with Crippen LogP contribution in [-0.4, -0.2) is 35.1 Å². The molecule has 1 aromatic heterocycles. The number of hydrogen-bond donors (Lipinski definition) is 2. The van der Waals surface area contributed by atoms with Crippen molar-refractivity contribution in [1.29, 1.82) is 0 Å². The molecular formula is C21H19N3O3. The topological polar surface area (TPSA) is 82.5 Å². The van der Waals surface area contributed by atoms with Gasteiger partial charge in [0.25, 0.3) is 0 Å². The van der Waals surface area contributed by atoms with Crippen LogP contribution in [-0.2, 0) is 9.59 Å². The summed E-state index contributed by atoms with van der Waals surface area (Å²) < 4.78 is 0. The number of carboxylic acid groups (broad SMARTS) is 1. The number of aromatic nitrogens is 1. The van der Waals surface area contributed by atoms with Gasteiger partial charge >= 0.3 is 5.97 Å². The molecule has 136 valence electrons. The Morgan fingerprint density at radius 2 is 2.00 bits per heavy atom. The minimum absolute atomic E-state index is 0.00316. The van der Waals surface area contributed by atoms with E-state index >= 15 is 0 Å². The predicted octanol–water partition coefficient (Wildman–Crippen LogP) is 3.26. The van der Waals surface area contributed by atoms with Crippen LogP contribution in [0.3, 0.4) is 0 Å². The van der Waals surface area contributed by atoms with Gasteiger partial charge in [-0.3, -0.25) is 0 Å². The number of pyridine rings is 1. The lowest BCUT2D eigenvalue weighted by Gasteiger charge is -2.31. The van der Waals surface area contributed by atoms with Crippen molar-refractivity contribution in [3.8, 4) is 11.1 Å². The van der Waals surface area contributed by atoms with Gasteiger partial charge in [-0.1, -0.05) is 12.1 Å². The van der Waals surface area contributed by atoms with Crippen LogP contribution in [0.5, 0.6) is 0 Å². The molecule has 2 aromatic rings. The zero-order valence-corrected chi connectivity index (χ0v) is 15.1. The van der Waals surface area contributed by atoms with Crippen LogP contribution in [0, 0.1) is 6.92 Å². The second-order valence-corrected chi connectivity index (χ2v) is 6.78. The number of hydrogen-bond acceptors (Lipinski definition) is 5. The Bertz CT molecular complexity index is 1010. The first-order chi connectivity index (χ1) is 13.0. The minimum atomic E-state index is -1.11. The highest BCUT2D eigenvalue weighted by atomic mass is 16.4. The van der Waals surface area contributed by atoms with Crippen LogP contribution < -0.4 is 10.2 Å². The Labute approximate surface area is 156 Å². The van der Waals surface area contributed by atoms with Crippen molar-refractivity contribution in [2.24, 2.45) is 0 Å². The van der Waals surface area contributed by atoms with E-state index in [1.54, 1.807) is 12.4 Å². The molecule has 27 heavy (non-hydrogen) atoms. The number of fused-ring (bicyclic) bond motifs is 1. The van der Waals surface area contributed by atoms with Gasteiger partial charge in [-0.15, -0.1) is 0 Å². The molecule has 0 unspecified atom stereocenters. The molecule has 0 spiro atoms. The number of rotatable bonds is 4. The molecule has 0 amide bonds. The number of anilines is 2. The molecule has 0 saturated heterocycles. The maximum Gasteiger partial charge on any atom is 0.338 e. The van der Waals surface area contributed by atoms with Gasteiger partial charge in [-0.05, 0) is 43.0 Å². The Morgan fingerprint density at radius 1 is 1.26 bits per heavy atom. The molecule has 2 aliphatic rings. The second kappa shape index (κ2) is 6.41. The Hall–Kier alpha value is -3.37. The van der Waals surface area contributed by atoms with Crippen molar-refractivity contribution in [2.45, 2.75) is 25.8 Å². The molecule has 6 heteroatoms. The van der Waals surface area contributed by atoms with Gasteiger partial charge < -0.3 is 15.3 Å². The zero-order chi connectivity index (χ0) is 19.1. The number of benzene rings is 1. The maximum absolute atomic E-state index is 11.6. The van der Waals surface area contributed by atoms with Crippen LogP contribution in [0.4, 0.5) is 11.5 Å². The van der Waals surface area contributed by atoms with E-state index in [1.807, 2.05) is 49.1 Å². The van der Waals surface area contributed by atoms with Crippen molar-refractivity contribution >= 4 is 29.0 Å². The number of aliphatic carboxylic acids is 1. The minimum Gasteiger partial charge on any atom is -0.478 e. The molecule has 2 N–H and O–H groups in total. The first-order valence-electron chi connectivity index (χ1n) is 8.82. The number of nitrogens with one attached hydrogen (secondary N) is 1. The fourth-order valence-corrected chi connectivity index (χ4v) is 3.57. The van der Waals surface area contributed by atoms with E-state index in [9.17, 15) is 14.7 Å². The molecule has 0 radical (unpaired) electrons. The van der Waals surface area contributed by atoms with E-state index in [-0.39, 0.29) is 17.2 Å². The highest BCUT2D eigenvalue weighted by molar-refractivity contribution is 6.16. The maximum atomic E-state index is 11.6. The zero-order valence-electron chi connectivity index (χ0n) is 15.1. The standard InChI is InChI=1S/C21H19N3O3/c1-12-15(13-3-8-19(22-2)23-9-13)6-7-16-18(11-25)17(21(26)27)10-24(20(12)16)14-4-5-14/h3,6-10,14H,4-5H2,1-2H3,(H,22,23)(H,26,27). The number of nitrogens with zero attached hydrogens (tertiary/aromatic N) is 2. The average Bonchev–Trinajstić information content (AvgIpc) is 3.52. The van der Waals surface area contributed by atoms with E-state index in [2.05, 4.69) is 10.3 Å². The highest BCUT2D eigenvalue weighted by Crippen LogP contribution is 2.46. The molecular weight excluding hydrogens is 342 g/mol. The molecule has 1 aliphatic carbocycles. The molecule has 0 bridgehead atoms. The molecule has 0 atom stereocenters. The van der Waals surface area contributed by atoms with Crippen molar-refractivity contribution in [1.82, 2.24) is 4.98 Å². The first-order valence-corrected chi connectivity index (χ1v) is 8.82. The third-order valence-electron chi connectivity index (χ3n) is 5.10. The Balaban J connectivity index is 1.90. The summed E-state index contributed by atoms with van der Waals surface area (Å²) in [6.45, 7) is 2.00. The average molecular weight is 361 g/mol. The van der Waals surface area contributed by atoms with Gasteiger partial charge in [-0.25, -0.2) is 14.6 Å². The highest BCUT2D eigenvalue weighted by Gasteiger charge is 2.36. The van der Waals surface area contributed by atoms with Crippen LogP contribution >= 0.6 is 0 Å². The summed E-state index contributed by atoms with van der Waals surface area (Å²) in [6, 6.07) is 7.90. The van der Waals surface area contributed by atoms with Crippen molar-refractivity contribution in [3.05, 3.63) is 53.4 Å². The lowest BCUT2D eigenvalue weighted by molar-refractivity contribution is -0.132. The van der Waals surface area contributed by atoms with Gasteiger partial charge in [0.1, 0.15) is 11.8 Å². The molecule has 6 nitrogen and oxygen atoms in total. The van der Waals surface area contributed by atoms with Crippen LogP contribution in [0.2, 0.25) is 0 Å².